The monoisotopic (exact) mass is 538 g/mol. The Morgan fingerprint density at radius 1 is 0.971 bits per heavy atom. The lowest BCUT2D eigenvalue weighted by Gasteiger charge is -2.12. The van der Waals surface area contributed by atoms with Crippen LogP contribution in [-0.2, 0) is 17.8 Å². The van der Waals surface area contributed by atoms with Crippen molar-refractivity contribution in [1.82, 2.24) is 5.43 Å². The fourth-order valence-corrected chi connectivity index (χ4v) is 3.59. The summed E-state index contributed by atoms with van der Waals surface area (Å²) in [5.74, 6) is 1.84. The number of hydrogen-bond acceptors (Lipinski definition) is 6. The molecule has 0 saturated carbocycles. The smallest absolute Gasteiger partial charge is 0.277 e. The van der Waals surface area contributed by atoms with Crippen molar-refractivity contribution in [2.45, 2.75) is 13.0 Å². The average molecular weight is 539 g/mol. The normalized spacial score (nSPS) is 10.6. The third-order valence-corrected chi connectivity index (χ3v) is 5.35. The number of carbonyl (C=O) groups excluding carboxylic acids is 1. The van der Waals surface area contributed by atoms with Gasteiger partial charge in [0.1, 0.15) is 18.1 Å². The van der Waals surface area contributed by atoms with Crippen LogP contribution >= 0.6 is 15.9 Å². The fourth-order valence-electron chi connectivity index (χ4n) is 3.15. The zero-order valence-electron chi connectivity index (χ0n) is 19.6. The van der Waals surface area contributed by atoms with Gasteiger partial charge in [-0.2, -0.15) is 5.10 Å². The highest BCUT2D eigenvalue weighted by molar-refractivity contribution is 9.10. The highest BCUT2D eigenvalue weighted by atomic mass is 79.9. The number of nitrogens with zero attached hydrogens (tertiary/aromatic N) is 1. The first kappa shape index (κ1) is 25.8. The number of methoxy groups -OCH3 is 2. The Morgan fingerprint density at radius 3 is 2.54 bits per heavy atom. The lowest BCUT2D eigenvalue weighted by atomic mass is 10.1. The summed E-state index contributed by atoms with van der Waals surface area (Å²) in [7, 11) is 3.13. The van der Waals surface area contributed by atoms with Gasteiger partial charge in [0.15, 0.2) is 18.1 Å². The van der Waals surface area contributed by atoms with E-state index in [1.165, 1.54) is 6.21 Å². The summed E-state index contributed by atoms with van der Waals surface area (Å²) in [6, 6.07) is 18.7. The minimum absolute atomic E-state index is 0.223. The van der Waals surface area contributed by atoms with Crippen LogP contribution in [0.5, 0.6) is 23.0 Å². The van der Waals surface area contributed by atoms with Crippen molar-refractivity contribution < 1.29 is 23.7 Å². The van der Waals surface area contributed by atoms with E-state index >= 15 is 0 Å². The van der Waals surface area contributed by atoms with Gasteiger partial charge >= 0.3 is 0 Å². The molecule has 0 radical (unpaired) electrons. The number of carbonyl (C=O) groups is 1. The molecule has 3 rings (SSSR count). The van der Waals surface area contributed by atoms with E-state index in [1.807, 2.05) is 36.4 Å². The third kappa shape index (κ3) is 7.89. The van der Waals surface area contributed by atoms with Crippen LogP contribution in [0.15, 0.2) is 82.9 Å². The number of benzene rings is 3. The Morgan fingerprint density at radius 2 is 1.80 bits per heavy atom. The van der Waals surface area contributed by atoms with Crippen molar-refractivity contribution in [2.75, 3.05) is 20.8 Å². The molecule has 0 fully saturated rings. The summed E-state index contributed by atoms with van der Waals surface area (Å²) in [6.45, 7) is 3.88. The topological polar surface area (TPSA) is 78.4 Å². The van der Waals surface area contributed by atoms with Crippen molar-refractivity contribution in [3.63, 3.8) is 0 Å². The quantitative estimate of drug-likeness (QED) is 0.192. The molecule has 0 saturated heterocycles. The number of hydrazone groups is 1. The van der Waals surface area contributed by atoms with Crippen LogP contribution in [0, 0.1) is 0 Å². The number of hydrogen-bond donors (Lipinski definition) is 1. The molecule has 0 spiro atoms. The number of amides is 1. The van der Waals surface area contributed by atoms with E-state index in [0.29, 0.717) is 41.6 Å². The van der Waals surface area contributed by atoms with Crippen LogP contribution in [0.2, 0.25) is 0 Å². The Labute approximate surface area is 213 Å². The molecule has 0 aliphatic rings. The van der Waals surface area contributed by atoms with Crippen LogP contribution in [0.25, 0.3) is 0 Å². The van der Waals surface area contributed by atoms with E-state index in [9.17, 15) is 4.79 Å². The largest absolute Gasteiger partial charge is 0.497 e. The predicted octanol–water partition coefficient (Wildman–Crippen LogP) is 5.30. The van der Waals surface area contributed by atoms with E-state index in [0.717, 1.165) is 15.6 Å². The second-order valence-corrected chi connectivity index (χ2v) is 8.30. The molecule has 0 atom stereocenters. The van der Waals surface area contributed by atoms with E-state index in [1.54, 1.807) is 44.6 Å². The van der Waals surface area contributed by atoms with E-state index in [-0.39, 0.29) is 6.61 Å². The summed E-state index contributed by atoms with van der Waals surface area (Å²) in [6.07, 6.45) is 4.02. The standard InChI is InChI=1S/C27H27BrN2O5/c1-4-6-19-9-11-25(26(14-19)33-3)35-18-27(31)30-29-16-21-15-23(32-2)10-12-24(21)34-17-20-7-5-8-22(28)13-20/h4-5,7-16H,1,6,17-18H2,2-3H3,(H,30,31). The van der Waals surface area contributed by atoms with Crippen molar-refractivity contribution >= 4 is 28.1 Å². The number of rotatable bonds is 12. The Hall–Kier alpha value is -3.78. The highest BCUT2D eigenvalue weighted by Gasteiger charge is 2.09. The summed E-state index contributed by atoms with van der Waals surface area (Å²) >= 11 is 3.46. The maximum atomic E-state index is 12.3. The molecule has 0 aliphatic carbocycles. The van der Waals surface area contributed by atoms with Gasteiger partial charge < -0.3 is 18.9 Å². The molecule has 1 amide bonds. The van der Waals surface area contributed by atoms with Crippen molar-refractivity contribution in [1.29, 1.82) is 0 Å². The molecule has 3 aromatic carbocycles. The molecule has 8 heteroatoms. The van der Waals surface area contributed by atoms with Gasteiger partial charge in [-0.3, -0.25) is 4.79 Å². The molecular formula is C27H27BrN2O5. The summed E-state index contributed by atoms with van der Waals surface area (Å²) in [4.78, 5) is 12.3. The second-order valence-electron chi connectivity index (χ2n) is 7.38. The van der Waals surface area contributed by atoms with Crippen LogP contribution in [0.4, 0.5) is 0 Å². The lowest BCUT2D eigenvalue weighted by Crippen LogP contribution is -2.24. The number of allylic oxidation sites excluding steroid dienone is 1. The molecule has 0 heterocycles. The first-order valence-electron chi connectivity index (χ1n) is 10.8. The van der Waals surface area contributed by atoms with Crippen LogP contribution in [0.1, 0.15) is 16.7 Å². The molecule has 0 aliphatic heterocycles. The number of nitrogens with one attached hydrogen (secondary N) is 1. The van der Waals surface area contributed by atoms with Crippen LogP contribution < -0.4 is 24.4 Å². The van der Waals surface area contributed by atoms with Crippen molar-refractivity contribution in [3.8, 4) is 23.0 Å². The van der Waals surface area contributed by atoms with Gasteiger partial charge in [-0.1, -0.05) is 40.2 Å². The predicted molar refractivity (Wildman–Crippen MR) is 140 cm³/mol. The SMILES string of the molecule is C=CCc1ccc(OCC(=O)NN=Cc2cc(OC)ccc2OCc2cccc(Br)c2)c(OC)c1. The molecular weight excluding hydrogens is 512 g/mol. The third-order valence-electron chi connectivity index (χ3n) is 4.86. The second kappa shape index (κ2) is 13.2. The minimum atomic E-state index is -0.419. The fraction of sp³-hybridized carbons (Fsp3) is 0.185. The molecule has 7 nitrogen and oxygen atoms in total. The molecule has 35 heavy (non-hydrogen) atoms. The van der Waals surface area contributed by atoms with E-state index < -0.39 is 5.91 Å². The highest BCUT2D eigenvalue weighted by Crippen LogP contribution is 2.28. The minimum Gasteiger partial charge on any atom is -0.497 e. The zero-order chi connectivity index (χ0) is 25.0. The number of ether oxygens (including phenoxy) is 4. The first-order chi connectivity index (χ1) is 17.0. The zero-order valence-corrected chi connectivity index (χ0v) is 21.2. The van der Waals surface area contributed by atoms with Gasteiger partial charge in [0.05, 0.1) is 20.4 Å². The first-order valence-corrected chi connectivity index (χ1v) is 11.6. The van der Waals surface area contributed by atoms with Gasteiger partial charge in [0.25, 0.3) is 5.91 Å². The molecule has 0 aromatic heterocycles. The van der Waals surface area contributed by atoms with E-state index in [4.69, 9.17) is 18.9 Å². The average Bonchev–Trinajstić information content (AvgIpc) is 2.87. The molecule has 182 valence electrons. The molecule has 0 bridgehead atoms. The van der Waals surface area contributed by atoms with Gasteiger partial charge in [0.2, 0.25) is 0 Å². The lowest BCUT2D eigenvalue weighted by molar-refractivity contribution is -0.123. The van der Waals surface area contributed by atoms with Gasteiger partial charge in [-0.25, -0.2) is 5.43 Å². The van der Waals surface area contributed by atoms with Crippen LogP contribution in [-0.4, -0.2) is 32.9 Å². The van der Waals surface area contributed by atoms with Gasteiger partial charge in [0, 0.05) is 10.0 Å². The van der Waals surface area contributed by atoms with Crippen molar-refractivity contribution in [3.05, 3.63) is 94.5 Å². The van der Waals surface area contributed by atoms with Gasteiger partial charge in [-0.05, 0) is 60.0 Å². The maximum absolute atomic E-state index is 12.3. The summed E-state index contributed by atoms with van der Waals surface area (Å²) in [5, 5.41) is 4.05. The molecule has 3 aromatic rings. The summed E-state index contributed by atoms with van der Waals surface area (Å²) < 4.78 is 23.2. The molecule has 0 unspecified atom stereocenters. The Balaban J connectivity index is 1.60. The maximum Gasteiger partial charge on any atom is 0.277 e. The van der Waals surface area contributed by atoms with Crippen molar-refractivity contribution in [2.24, 2.45) is 5.10 Å². The number of halogens is 1. The van der Waals surface area contributed by atoms with E-state index in [2.05, 4.69) is 33.0 Å². The Bertz CT molecular complexity index is 1200. The molecule has 1 N–H and O–H groups in total. The van der Waals surface area contributed by atoms with Gasteiger partial charge in [-0.15, -0.1) is 6.58 Å². The van der Waals surface area contributed by atoms with Crippen LogP contribution in [0.3, 0.4) is 0 Å². The summed E-state index contributed by atoms with van der Waals surface area (Å²) in [5.41, 5.74) is 5.17. The Kier molecular flexibility index (Phi) is 9.74.